The number of rotatable bonds is 3. The van der Waals surface area contributed by atoms with Crippen LogP contribution in [0, 0.1) is 0 Å². The van der Waals surface area contributed by atoms with Crippen LogP contribution >= 0.6 is 0 Å². The van der Waals surface area contributed by atoms with Gasteiger partial charge in [-0.3, -0.25) is 14.4 Å². The predicted molar refractivity (Wildman–Crippen MR) is 72.7 cm³/mol. The Balaban J connectivity index is 1.54. The van der Waals surface area contributed by atoms with E-state index in [0.29, 0.717) is 25.9 Å². The lowest BCUT2D eigenvalue weighted by Crippen LogP contribution is -2.44. The lowest BCUT2D eigenvalue weighted by Gasteiger charge is -2.30. The largest absolute Gasteiger partial charge is 0.354 e. The summed E-state index contributed by atoms with van der Waals surface area (Å²) in [5.74, 6) is 0.248. The van der Waals surface area contributed by atoms with Gasteiger partial charge in [0.2, 0.25) is 11.8 Å². The molecule has 3 aliphatic rings. The molecule has 2 amide bonds. The lowest BCUT2D eigenvalue weighted by molar-refractivity contribution is -0.183. The van der Waals surface area contributed by atoms with Crippen LogP contribution in [0.25, 0.3) is 0 Å². The number of fused-ring (bicyclic) bond motifs is 2. The number of hydroxylamine groups is 2. The SMILES string of the molecule is O=C1C[C@H]2CC[C@@H](CN1)N2C(=O)CCN1CCCCO1. The van der Waals surface area contributed by atoms with Gasteiger partial charge in [0.1, 0.15) is 0 Å². The molecule has 0 spiro atoms. The highest BCUT2D eigenvalue weighted by molar-refractivity contribution is 5.81. The van der Waals surface area contributed by atoms with Crippen LogP contribution in [0.5, 0.6) is 0 Å². The Morgan fingerprint density at radius 2 is 2.15 bits per heavy atom. The van der Waals surface area contributed by atoms with Gasteiger partial charge < -0.3 is 10.2 Å². The van der Waals surface area contributed by atoms with Crippen LogP contribution in [0.4, 0.5) is 0 Å². The molecule has 20 heavy (non-hydrogen) atoms. The third kappa shape index (κ3) is 2.96. The molecule has 112 valence electrons. The molecule has 0 aliphatic carbocycles. The summed E-state index contributed by atoms with van der Waals surface area (Å²) in [4.78, 5) is 31.5. The minimum Gasteiger partial charge on any atom is -0.354 e. The van der Waals surface area contributed by atoms with Crippen molar-refractivity contribution in [2.45, 2.75) is 50.6 Å². The van der Waals surface area contributed by atoms with Gasteiger partial charge in [-0.15, -0.1) is 0 Å². The molecule has 6 nitrogen and oxygen atoms in total. The van der Waals surface area contributed by atoms with Crippen LogP contribution in [0.3, 0.4) is 0 Å². The van der Waals surface area contributed by atoms with Gasteiger partial charge in [0.15, 0.2) is 0 Å². The van der Waals surface area contributed by atoms with Crippen molar-refractivity contribution in [2.24, 2.45) is 0 Å². The van der Waals surface area contributed by atoms with E-state index >= 15 is 0 Å². The van der Waals surface area contributed by atoms with Crippen molar-refractivity contribution >= 4 is 11.8 Å². The number of nitrogens with zero attached hydrogens (tertiary/aromatic N) is 2. The Hall–Kier alpha value is -1.14. The minimum absolute atomic E-state index is 0.0781. The fourth-order valence-corrected chi connectivity index (χ4v) is 3.46. The molecule has 6 heteroatoms. The third-order valence-electron chi connectivity index (χ3n) is 4.51. The molecule has 3 rings (SSSR count). The first kappa shape index (κ1) is 13.8. The van der Waals surface area contributed by atoms with E-state index in [1.54, 1.807) is 0 Å². The van der Waals surface area contributed by atoms with Crippen molar-refractivity contribution in [3.63, 3.8) is 0 Å². The fraction of sp³-hybridized carbons (Fsp3) is 0.857. The van der Waals surface area contributed by atoms with Crippen molar-refractivity contribution in [2.75, 3.05) is 26.2 Å². The number of carbonyl (C=O) groups is 2. The van der Waals surface area contributed by atoms with E-state index in [2.05, 4.69) is 5.32 Å². The van der Waals surface area contributed by atoms with Gasteiger partial charge in [0.25, 0.3) is 0 Å². The molecule has 0 unspecified atom stereocenters. The first-order valence-electron chi connectivity index (χ1n) is 7.70. The third-order valence-corrected chi connectivity index (χ3v) is 4.51. The molecule has 2 bridgehead atoms. The normalized spacial score (nSPS) is 31.0. The number of hydrogen-bond donors (Lipinski definition) is 1. The van der Waals surface area contributed by atoms with Crippen LogP contribution in [0.2, 0.25) is 0 Å². The number of amides is 2. The smallest absolute Gasteiger partial charge is 0.224 e. The van der Waals surface area contributed by atoms with E-state index in [1.165, 1.54) is 0 Å². The van der Waals surface area contributed by atoms with Gasteiger partial charge in [-0.05, 0) is 25.7 Å². The summed E-state index contributed by atoms with van der Waals surface area (Å²) in [6.07, 6.45) is 5.17. The number of hydrogen-bond acceptors (Lipinski definition) is 4. The van der Waals surface area contributed by atoms with Crippen molar-refractivity contribution in [1.82, 2.24) is 15.3 Å². The molecule has 1 N–H and O–H groups in total. The summed E-state index contributed by atoms with van der Waals surface area (Å²) in [6, 6.07) is 0.304. The summed E-state index contributed by atoms with van der Waals surface area (Å²) in [5.41, 5.74) is 0. The maximum Gasteiger partial charge on any atom is 0.224 e. The molecule has 0 aromatic heterocycles. The van der Waals surface area contributed by atoms with E-state index in [0.717, 1.165) is 38.8 Å². The number of nitrogens with one attached hydrogen (secondary N) is 1. The highest BCUT2D eigenvalue weighted by atomic mass is 16.7. The van der Waals surface area contributed by atoms with Gasteiger partial charge in [-0.1, -0.05) is 0 Å². The molecule has 0 radical (unpaired) electrons. The zero-order chi connectivity index (χ0) is 13.9. The van der Waals surface area contributed by atoms with Crippen molar-refractivity contribution < 1.29 is 14.4 Å². The van der Waals surface area contributed by atoms with Gasteiger partial charge in [0, 0.05) is 44.6 Å². The second kappa shape index (κ2) is 6.10. The van der Waals surface area contributed by atoms with E-state index in [1.807, 2.05) is 9.96 Å². The van der Waals surface area contributed by atoms with Gasteiger partial charge in [-0.2, -0.15) is 5.06 Å². The molecular formula is C14H23N3O3. The lowest BCUT2D eigenvalue weighted by atomic mass is 10.1. The standard InChI is InChI=1S/C14H23N3O3/c18-13-9-11-3-4-12(10-15-13)17(11)14(19)5-7-16-6-1-2-8-20-16/h11-12H,1-10H2,(H,15,18)/t11-,12+/m1/s1. The summed E-state index contributed by atoms with van der Waals surface area (Å²) in [6.45, 7) is 2.96. The minimum atomic E-state index is 0.0781. The second-order valence-corrected chi connectivity index (χ2v) is 5.91. The van der Waals surface area contributed by atoms with Crippen molar-refractivity contribution in [3.05, 3.63) is 0 Å². The van der Waals surface area contributed by atoms with Gasteiger partial charge >= 0.3 is 0 Å². The molecule has 2 atom stereocenters. The molecule has 3 aliphatic heterocycles. The van der Waals surface area contributed by atoms with E-state index in [9.17, 15) is 9.59 Å². The van der Waals surface area contributed by atoms with Gasteiger partial charge in [-0.25, -0.2) is 0 Å². The Bertz CT molecular complexity index is 382. The Kier molecular flexibility index (Phi) is 4.21. The summed E-state index contributed by atoms with van der Waals surface area (Å²) in [7, 11) is 0. The quantitative estimate of drug-likeness (QED) is 0.807. The van der Waals surface area contributed by atoms with E-state index in [4.69, 9.17) is 4.84 Å². The Morgan fingerprint density at radius 1 is 1.30 bits per heavy atom. The van der Waals surface area contributed by atoms with Crippen LogP contribution in [-0.2, 0) is 14.4 Å². The number of carbonyl (C=O) groups excluding carboxylic acids is 2. The summed E-state index contributed by atoms with van der Waals surface area (Å²) < 4.78 is 0. The predicted octanol–water partition coefficient (Wildman–Crippen LogP) is 0.283. The molecule has 0 saturated carbocycles. The monoisotopic (exact) mass is 281 g/mol. The maximum atomic E-state index is 12.5. The van der Waals surface area contributed by atoms with Crippen LogP contribution in [0.1, 0.15) is 38.5 Å². The average Bonchev–Trinajstić information content (AvgIpc) is 2.77. The molecule has 0 aromatic carbocycles. The molecule has 3 heterocycles. The maximum absolute atomic E-state index is 12.5. The summed E-state index contributed by atoms with van der Waals surface area (Å²) in [5, 5.41) is 4.81. The molecule has 3 saturated heterocycles. The first-order chi connectivity index (χ1) is 9.74. The highest BCUT2D eigenvalue weighted by Gasteiger charge is 2.39. The van der Waals surface area contributed by atoms with Crippen molar-refractivity contribution in [3.8, 4) is 0 Å². The first-order valence-corrected chi connectivity index (χ1v) is 7.70. The zero-order valence-electron chi connectivity index (χ0n) is 11.8. The zero-order valence-corrected chi connectivity index (χ0v) is 11.8. The summed E-state index contributed by atoms with van der Waals surface area (Å²) >= 11 is 0. The second-order valence-electron chi connectivity index (χ2n) is 5.91. The molecule has 3 fully saturated rings. The molecular weight excluding hydrogens is 258 g/mol. The fourth-order valence-electron chi connectivity index (χ4n) is 3.46. The van der Waals surface area contributed by atoms with Gasteiger partial charge in [0.05, 0.1) is 6.61 Å². The van der Waals surface area contributed by atoms with Crippen LogP contribution in [-0.4, -0.2) is 60.1 Å². The van der Waals surface area contributed by atoms with E-state index in [-0.39, 0.29) is 23.9 Å². The van der Waals surface area contributed by atoms with Crippen LogP contribution in [0.15, 0.2) is 0 Å². The highest BCUT2D eigenvalue weighted by Crippen LogP contribution is 2.28. The Morgan fingerprint density at radius 3 is 2.95 bits per heavy atom. The van der Waals surface area contributed by atoms with E-state index < -0.39 is 0 Å². The topological polar surface area (TPSA) is 61.9 Å². The Labute approximate surface area is 119 Å². The average molecular weight is 281 g/mol. The molecule has 0 aromatic rings. The van der Waals surface area contributed by atoms with Crippen molar-refractivity contribution in [1.29, 1.82) is 0 Å². The van der Waals surface area contributed by atoms with Crippen LogP contribution < -0.4 is 5.32 Å².